The van der Waals surface area contributed by atoms with Crippen LogP contribution in [0.5, 0.6) is 11.5 Å². The Morgan fingerprint density at radius 2 is 1.65 bits per heavy atom. The van der Waals surface area contributed by atoms with E-state index in [0.717, 1.165) is 6.07 Å². The van der Waals surface area contributed by atoms with Crippen molar-refractivity contribution >= 4 is 18.2 Å². The lowest BCUT2D eigenvalue weighted by Crippen LogP contribution is -2.28. The Morgan fingerprint density at radius 3 is 2.26 bits per heavy atom. The van der Waals surface area contributed by atoms with E-state index in [4.69, 9.17) is 9.79 Å². The van der Waals surface area contributed by atoms with Gasteiger partial charge in [-0.2, -0.15) is 0 Å². The quantitative estimate of drug-likeness (QED) is 0.350. The molecular formula is C14H15O7PS. The van der Waals surface area contributed by atoms with Crippen molar-refractivity contribution in [2.45, 2.75) is 17.1 Å². The van der Waals surface area contributed by atoms with Gasteiger partial charge in [-0.25, -0.2) is 4.57 Å². The first kappa shape index (κ1) is 17.8. The van der Waals surface area contributed by atoms with Crippen LogP contribution in [0, 0.1) is 0 Å². The first-order chi connectivity index (χ1) is 10.6. The minimum atomic E-state index is -4.52. The largest absolute Gasteiger partial charge is 0.508 e. The third-order valence-electron chi connectivity index (χ3n) is 2.97. The first-order valence-corrected chi connectivity index (χ1v) is 9.41. The van der Waals surface area contributed by atoms with Crippen molar-refractivity contribution in [2.75, 3.05) is 0 Å². The number of phenols is 2. The highest BCUT2D eigenvalue weighted by molar-refractivity contribution is 8.54. The van der Waals surface area contributed by atoms with Crippen LogP contribution in [-0.4, -0.2) is 30.2 Å². The fourth-order valence-corrected chi connectivity index (χ4v) is 4.04. The van der Waals surface area contributed by atoms with Crippen molar-refractivity contribution in [1.29, 1.82) is 0 Å². The summed E-state index contributed by atoms with van der Waals surface area (Å²) in [6.45, 7) is -4.52. The minimum absolute atomic E-state index is 0.0565. The SMILES string of the molecule is O=P(O)(O)Sc1ccc(O)cc1C(O)(O)Cc1cccc(O)c1. The summed E-state index contributed by atoms with van der Waals surface area (Å²) in [5.41, 5.74) is 0.152. The molecule has 0 aromatic heterocycles. The Bertz CT molecular complexity index is 757. The molecule has 9 heteroatoms. The Labute approximate surface area is 135 Å². The van der Waals surface area contributed by atoms with Gasteiger partial charge in [-0.15, -0.1) is 0 Å². The second-order valence-corrected chi connectivity index (χ2v) is 8.50. The fraction of sp³-hybridized carbons (Fsp3) is 0.143. The van der Waals surface area contributed by atoms with Gasteiger partial charge < -0.3 is 30.2 Å². The lowest BCUT2D eigenvalue weighted by Gasteiger charge is -2.25. The van der Waals surface area contributed by atoms with Crippen molar-refractivity contribution < 1.29 is 34.8 Å². The Balaban J connectivity index is 2.41. The van der Waals surface area contributed by atoms with Crippen molar-refractivity contribution in [2.24, 2.45) is 0 Å². The third-order valence-corrected chi connectivity index (χ3v) is 5.07. The van der Waals surface area contributed by atoms with Gasteiger partial charge in [0, 0.05) is 16.9 Å². The normalized spacial score (nSPS) is 12.3. The number of rotatable bonds is 5. The van der Waals surface area contributed by atoms with Gasteiger partial charge in [0.1, 0.15) is 11.5 Å². The maximum absolute atomic E-state index is 11.2. The molecule has 0 spiro atoms. The highest BCUT2D eigenvalue weighted by atomic mass is 32.7. The third kappa shape index (κ3) is 4.97. The number of benzene rings is 2. The minimum Gasteiger partial charge on any atom is -0.508 e. The van der Waals surface area contributed by atoms with Gasteiger partial charge in [0.2, 0.25) is 0 Å². The standard InChI is InChI=1S/C14H15O7PS/c15-10-3-1-2-9(6-10)8-14(17,18)12-7-11(16)4-5-13(12)23-22(19,20)21/h1-7,15-18H,8H2,(H2,19,20,21). The highest BCUT2D eigenvalue weighted by Crippen LogP contribution is 2.56. The molecule has 23 heavy (non-hydrogen) atoms. The van der Waals surface area contributed by atoms with E-state index in [-0.39, 0.29) is 39.8 Å². The molecule has 0 fully saturated rings. The summed E-state index contributed by atoms with van der Waals surface area (Å²) in [6.07, 6.45) is -0.348. The van der Waals surface area contributed by atoms with Crippen LogP contribution in [-0.2, 0) is 16.8 Å². The molecule has 0 amide bonds. The molecule has 0 aliphatic rings. The van der Waals surface area contributed by atoms with Gasteiger partial charge in [0.05, 0.1) is 0 Å². The van der Waals surface area contributed by atoms with Gasteiger partial charge >= 0.3 is 6.80 Å². The van der Waals surface area contributed by atoms with Crippen molar-refractivity contribution in [1.82, 2.24) is 0 Å². The van der Waals surface area contributed by atoms with E-state index < -0.39 is 12.6 Å². The van der Waals surface area contributed by atoms with E-state index >= 15 is 0 Å². The van der Waals surface area contributed by atoms with Gasteiger partial charge in [-0.1, -0.05) is 12.1 Å². The predicted molar refractivity (Wildman–Crippen MR) is 83.9 cm³/mol. The molecule has 7 nitrogen and oxygen atoms in total. The molecule has 2 aromatic carbocycles. The monoisotopic (exact) mass is 358 g/mol. The van der Waals surface area contributed by atoms with Gasteiger partial charge in [-0.3, -0.25) is 0 Å². The second-order valence-electron chi connectivity index (χ2n) is 4.93. The molecule has 0 heterocycles. The van der Waals surface area contributed by atoms with Crippen LogP contribution in [0.3, 0.4) is 0 Å². The van der Waals surface area contributed by atoms with E-state index in [1.807, 2.05) is 0 Å². The highest BCUT2D eigenvalue weighted by Gasteiger charge is 2.32. The average molecular weight is 358 g/mol. The van der Waals surface area contributed by atoms with Crippen LogP contribution in [0.25, 0.3) is 0 Å². The molecule has 0 aliphatic heterocycles. The smallest absolute Gasteiger partial charge is 0.388 e. The number of aromatic hydroxyl groups is 2. The zero-order valence-electron chi connectivity index (χ0n) is 11.7. The lowest BCUT2D eigenvalue weighted by molar-refractivity contribution is -0.170. The molecule has 0 radical (unpaired) electrons. The predicted octanol–water partition coefficient (Wildman–Crippen LogP) is 1.66. The van der Waals surface area contributed by atoms with E-state index in [0.29, 0.717) is 5.56 Å². The summed E-state index contributed by atoms with van der Waals surface area (Å²) in [7, 11) is 0. The second kappa shape index (κ2) is 6.52. The Hall–Kier alpha value is -1.54. The van der Waals surface area contributed by atoms with Crippen molar-refractivity contribution in [3.05, 3.63) is 53.6 Å². The van der Waals surface area contributed by atoms with Gasteiger partial charge in [0.15, 0.2) is 5.79 Å². The average Bonchev–Trinajstić information content (AvgIpc) is 2.38. The maximum atomic E-state index is 11.2. The Morgan fingerprint density at radius 1 is 1.00 bits per heavy atom. The number of hydrogen-bond donors (Lipinski definition) is 6. The van der Waals surface area contributed by atoms with Crippen LogP contribution < -0.4 is 0 Å². The molecule has 0 saturated heterocycles. The summed E-state index contributed by atoms with van der Waals surface area (Å²) < 4.78 is 11.2. The van der Waals surface area contributed by atoms with Crippen LogP contribution in [0.4, 0.5) is 0 Å². The molecular weight excluding hydrogens is 343 g/mol. The molecule has 0 saturated carbocycles. The fourth-order valence-electron chi connectivity index (χ4n) is 2.08. The summed E-state index contributed by atoms with van der Waals surface area (Å²) in [6, 6.07) is 9.24. The molecule has 2 rings (SSSR count). The van der Waals surface area contributed by atoms with Crippen LogP contribution in [0.1, 0.15) is 11.1 Å². The van der Waals surface area contributed by atoms with Crippen LogP contribution in [0.2, 0.25) is 0 Å². The van der Waals surface area contributed by atoms with Crippen LogP contribution in [0.15, 0.2) is 47.4 Å². The summed E-state index contributed by atoms with van der Waals surface area (Å²) in [4.78, 5) is 18.1. The number of aliphatic hydroxyl groups is 2. The number of phenolic OH excluding ortho intramolecular Hbond substituents is 2. The molecule has 0 unspecified atom stereocenters. The maximum Gasteiger partial charge on any atom is 0.388 e. The van der Waals surface area contributed by atoms with Gasteiger partial charge in [0.25, 0.3) is 0 Å². The summed E-state index contributed by atoms with van der Waals surface area (Å²) in [5, 5.41) is 39.6. The lowest BCUT2D eigenvalue weighted by atomic mass is 9.97. The topological polar surface area (TPSA) is 138 Å². The molecule has 2 aromatic rings. The van der Waals surface area contributed by atoms with E-state index in [9.17, 15) is 25.0 Å². The number of hydrogen-bond acceptors (Lipinski definition) is 6. The molecule has 0 atom stereocenters. The van der Waals surface area contributed by atoms with Gasteiger partial charge in [-0.05, 0) is 47.3 Å². The Kier molecular flexibility index (Phi) is 5.05. The van der Waals surface area contributed by atoms with Crippen molar-refractivity contribution in [3.8, 4) is 11.5 Å². The van der Waals surface area contributed by atoms with Crippen LogP contribution >= 0.6 is 18.2 Å². The van der Waals surface area contributed by atoms with Crippen molar-refractivity contribution in [3.63, 3.8) is 0 Å². The molecule has 0 aliphatic carbocycles. The zero-order chi connectivity index (χ0) is 17.3. The zero-order valence-corrected chi connectivity index (χ0v) is 13.4. The first-order valence-electron chi connectivity index (χ1n) is 6.38. The molecule has 0 bridgehead atoms. The summed E-state index contributed by atoms with van der Waals surface area (Å²) in [5.74, 6) is -2.83. The molecule has 124 valence electrons. The summed E-state index contributed by atoms with van der Waals surface area (Å²) >= 11 is 0.163. The van der Waals surface area contributed by atoms with E-state index in [1.165, 1.54) is 30.3 Å². The van der Waals surface area contributed by atoms with E-state index in [2.05, 4.69) is 0 Å². The molecule has 6 N–H and O–H groups in total. The van der Waals surface area contributed by atoms with E-state index in [1.54, 1.807) is 6.07 Å².